The van der Waals surface area contributed by atoms with Crippen LogP contribution < -0.4 is 0 Å². The van der Waals surface area contributed by atoms with Crippen molar-refractivity contribution in [2.75, 3.05) is 26.2 Å². The van der Waals surface area contributed by atoms with E-state index in [9.17, 15) is 0 Å². The van der Waals surface area contributed by atoms with Gasteiger partial charge in [-0.15, -0.1) is 11.3 Å². The van der Waals surface area contributed by atoms with Crippen LogP contribution in [-0.4, -0.2) is 41.0 Å². The topological polar surface area (TPSA) is 19.4 Å². The Morgan fingerprint density at radius 2 is 1.72 bits per heavy atom. The van der Waals surface area contributed by atoms with Gasteiger partial charge in [0.25, 0.3) is 0 Å². The Hall–Kier alpha value is -3.21. The van der Waals surface area contributed by atoms with Crippen molar-refractivity contribution in [3.05, 3.63) is 119 Å². The molecule has 2 aliphatic heterocycles. The van der Waals surface area contributed by atoms with Gasteiger partial charge in [-0.05, 0) is 73.8 Å². The highest BCUT2D eigenvalue weighted by Crippen LogP contribution is 2.38. The van der Waals surface area contributed by atoms with Crippen LogP contribution in [0.5, 0.6) is 0 Å². The van der Waals surface area contributed by atoms with Crippen LogP contribution in [0, 0.1) is 0 Å². The van der Waals surface area contributed by atoms with Crippen molar-refractivity contribution in [3.63, 3.8) is 0 Å². The number of fused-ring (bicyclic) bond motifs is 3. The number of likely N-dealkylation sites (tertiary alicyclic amines) is 1. The van der Waals surface area contributed by atoms with Crippen LogP contribution in [0.2, 0.25) is 0 Å². The van der Waals surface area contributed by atoms with E-state index in [0.717, 1.165) is 37.0 Å². The van der Waals surface area contributed by atoms with E-state index in [2.05, 4.69) is 101 Å². The van der Waals surface area contributed by atoms with Crippen LogP contribution in [-0.2, 0) is 0 Å². The molecule has 0 N–H and O–H groups in total. The Balaban J connectivity index is 1.07. The van der Waals surface area contributed by atoms with Crippen molar-refractivity contribution in [1.82, 2.24) is 14.8 Å². The number of nitrogens with zero attached hydrogens (tertiary/aromatic N) is 3. The van der Waals surface area contributed by atoms with Gasteiger partial charge >= 0.3 is 0 Å². The number of allylic oxidation sites excluding steroid dienone is 7. The van der Waals surface area contributed by atoms with Crippen molar-refractivity contribution >= 4 is 27.1 Å². The molecule has 0 spiro atoms. The number of thiazole rings is 1. The number of para-hydroxylation sites is 1. The molecule has 3 nitrogen and oxygen atoms in total. The number of aromatic nitrogens is 1. The van der Waals surface area contributed by atoms with E-state index in [-0.39, 0.29) is 0 Å². The zero-order chi connectivity index (χ0) is 24.3. The third kappa shape index (κ3) is 4.88. The first-order chi connectivity index (χ1) is 17.7. The lowest BCUT2D eigenvalue weighted by Crippen LogP contribution is -2.35. The molecule has 182 valence electrons. The fraction of sp³-hybridized carbons (Fsp3) is 0.281. The van der Waals surface area contributed by atoms with Gasteiger partial charge in [-0.1, -0.05) is 67.3 Å². The van der Waals surface area contributed by atoms with Crippen LogP contribution >= 0.6 is 11.3 Å². The highest BCUT2D eigenvalue weighted by molar-refractivity contribution is 7.18. The Bertz CT molecular complexity index is 1330. The number of benzene rings is 2. The van der Waals surface area contributed by atoms with Gasteiger partial charge in [0.05, 0.1) is 15.2 Å². The van der Waals surface area contributed by atoms with Crippen molar-refractivity contribution < 1.29 is 0 Å². The normalized spacial score (nSPS) is 18.6. The number of hydrogen-bond acceptors (Lipinski definition) is 4. The van der Waals surface area contributed by atoms with E-state index in [0.29, 0.717) is 5.92 Å². The first-order valence-corrected chi connectivity index (χ1v) is 13.9. The van der Waals surface area contributed by atoms with Gasteiger partial charge in [0, 0.05) is 36.4 Å². The summed E-state index contributed by atoms with van der Waals surface area (Å²) >= 11 is 1.89. The molecule has 36 heavy (non-hydrogen) atoms. The maximum Gasteiger partial charge on any atom is 0.0970 e. The summed E-state index contributed by atoms with van der Waals surface area (Å²) < 4.78 is 1.32. The maximum absolute atomic E-state index is 4.93. The smallest absolute Gasteiger partial charge is 0.0970 e. The summed E-state index contributed by atoms with van der Waals surface area (Å²) in [5, 5.41) is 1.33. The van der Waals surface area contributed by atoms with E-state index in [1.54, 1.807) is 0 Å². The van der Waals surface area contributed by atoms with E-state index < -0.39 is 0 Å². The molecule has 0 radical (unpaired) electrons. The lowest BCUT2D eigenvalue weighted by Gasteiger charge is -2.34. The molecule has 6 rings (SSSR count). The number of piperidine rings is 1. The minimum Gasteiger partial charge on any atom is -0.350 e. The monoisotopic (exact) mass is 491 g/mol. The molecule has 1 saturated heterocycles. The van der Waals surface area contributed by atoms with E-state index in [4.69, 9.17) is 4.98 Å². The van der Waals surface area contributed by atoms with Gasteiger partial charge in [-0.3, -0.25) is 0 Å². The molecule has 1 aromatic heterocycles. The molecule has 0 atom stereocenters. The molecule has 0 saturated carbocycles. The summed E-state index contributed by atoms with van der Waals surface area (Å²) in [6.45, 7) is 9.00. The molecule has 0 unspecified atom stereocenters. The third-order valence-corrected chi connectivity index (χ3v) is 8.84. The first kappa shape index (κ1) is 23.2. The molecule has 4 heteroatoms. The predicted octanol–water partition coefficient (Wildman–Crippen LogP) is 7.55. The van der Waals surface area contributed by atoms with Crippen LogP contribution in [0.15, 0.2) is 109 Å². The van der Waals surface area contributed by atoms with Gasteiger partial charge in [0.15, 0.2) is 0 Å². The summed E-state index contributed by atoms with van der Waals surface area (Å²) in [4.78, 5) is 10.0. The summed E-state index contributed by atoms with van der Waals surface area (Å²) in [5.74, 6) is 0.614. The average Bonchev–Trinajstić information content (AvgIpc) is 3.26. The second-order valence-electron chi connectivity index (χ2n) is 9.98. The molecular weight excluding hydrogens is 458 g/mol. The fourth-order valence-corrected chi connectivity index (χ4v) is 6.70. The van der Waals surface area contributed by atoms with E-state index in [1.807, 2.05) is 11.3 Å². The van der Waals surface area contributed by atoms with Gasteiger partial charge < -0.3 is 9.80 Å². The van der Waals surface area contributed by atoms with Crippen LogP contribution in [0.1, 0.15) is 42.2 Å². The van der Waals surface area contributed by atoms with Crippen molar-refractivity contribution in [2.24, 2.45) is 0 Å². The van der Waals surface area contributed by atoms with E-state index in [1.165, 1.54) is 58.0 Å². The summed E-state index contributed by atoms with van der Waals surface area (Å²) in [6.07, 6.45) is 15.7. The van der Waals surface area contributed by atoms with Crippen molar-refractivity contribution in [3.8, 4) is 0 Å². The van der Waals surface area contributed by atoms with Crippen LogP contribution in [0.3, 0.4) is 0 Å². The Labute approximate surface area is 218 Å². The molecule has 2 bridgehead atoms. The molecular formula is C32H33N3S. The van der Waals surface area contributed by atoms with Crippen LogP contribution in [0.4, 0.5) is 0 Å². The lowest BCUT2D eigenvalue weighted by atomic mass is 9.89. The van der Waals surface area contributed by atoms with Gasteiger partial charge in [0.2, 0.25) is 0 Å². The van der Waals surface area contributed by atoms with Crippen molar-refractivity contribution in [2.45, 2.75) is 31.6 Å². The predicted molar refractivity (Wildman–Crippen MR) is 153 cm³/mol. The molecule has 1 fully saturated rings. The van der Waals surface area contributed by atoms with Gasteiger partial charge in [0.1, 0.15) is 0 Å². The second kappa shape index (κ2) is 10.4. The van der Waals surface area contributed by atoms with Crippen molar-refractivity contribution in [1.29, 1.82) is 0 Å². The fourth-order valence-electron chi connectivity index (χ4n) is 5.56. The molecule has 2 aromatic carbocycles. The molecule has 3 aliphatic rings. The zero-order valence-electron chi connectivity index (χ0n) is 20.8. The highest BCUT2D eigenvalue weighted by Gasteiger charge is 2.25. The molecule has 3 aromatic rings. The quantitative estimate of drug-likeness (QED) is 0.340. The number of hydrogen-bond donors (Lipinski definition) is 0. The minimum atomic E-state index is 0.614. The largest absolute Gasteiger partial charge is 0.350 e. The minimum absolute atomic E-state index is 0.614. The SMILES string of the molecule is C=C(C1=CN(CCCN2CCC(c3nc4ccccc4s3)CC2)C2=CC=CC=C1C2)c1ccccc1. The summed E-state index contributed by atoms with van der Waals surface area (Å²) in [6, 6.07) is 19.1. The van der Waals surface area contributed by atoms with Gasteiger partial charge in [-0.2, -0.15) is 0 Å². The standard InChI is InChI=1S/C32H33N3S/c1-24(25-10-3-2-4-11-25)29-23-35(28-13-6-5-12-27(29)22-28)19-9-18-34-20-16-26(17-21-34)32-33-30-14-7-8-15-31(30)36-32/h2-8,10-15,23,26H,1,9,16-22H2. The Kier molecular flexibility index (Phi) is 6.71. The molecule has 3 heterocycles. The Morgan fingerprint density at radius 3 is 2.56 bits per heavy atom. The zero-order valence-corrected chi connectivity index (χ0v) is 21.6. The van der Waals surface area contributed by atoms with E-state index >= 15 is 0 Å². The Morgan fingerprint density at radius 1 is 0.944 bits per heavy atom. The molecule has 0 amide bonds. The second-order valence-corrected chi connectivity index (χ2v) is 11.0. The molecule has 1 aliphatic carbocycles. The number of rotatable bonds is 7. The highest BCUT2D eigenvalue weighted by atomic mass is 32.1. The maximum atomic E-state index is 4.93. The summed E-state index contributed by atoms with van der Waals surface area (Å²) in [5.41, 5.74) is 7.47. The first-order valence-electron chi connectivity index (χ1n) is 13.1. The summed E-state index contributed by atoms with van der Waals surface area (Å²) in [7, 11) is 0. The average molecular weight is 492 g/mol. The lowest BCUT2D eigenvalue weighted by molar-refractivity contribution is 0.204. The van der Waals surface area contributed by atoms with Gasteiger partial charge in [-0.25, -0.2) is 4.98 Å². The third-order valence-electron chi connectivity index (χ3n) is 7.64. The van der Waals surface area contributed by atoms with Crippen LogP contribution in [0.25, 0.3) is 15.8 Å².